The van der Waals surface area contributed by atoms with Gasteiger partial charge in [0, 0.05) is 44.6 Å². The van der Waals surface area contributed by atoms with Gasteiger partial charge in [-0.3, -0.25) is 4.98 Å². The first kappa shape index (κ1) is 24.7. The highest BCUT2D eigenvalue weighted by molar-refractivity contribution is 7.72. The fourth-order valence-corrected chi connectivity index (χ4v) is 9.37. The number of rotatable bonds is 6. The maximum Gasteiger partial charge on any atom is 0.126 e. The number of hydrogen-bond donors (Lipinski definition) is 0. The van der Waals surface area contributed by atoms with Crippen LogP contribution in [0.4, 0.5) is 0 Å². The van der Waals surface area contributed by atoms with Crippen LogP contribution in [0.2, 0.25) is 0 Å². The molecule has 3 nitrogen and oxygen atoms in total. The lowest BCUT2D eigenvalue weighted by atomic mass is 10.2. The Kier molecular flexibility index (Phi) is 7.04. The van der Waals surface area contributed by atoms with Crippen LogP contribution in [-0.2, 0) is 21.5 Å². The van der Waals surface area contributed by atoms with Crippen molar-refractivity contribution in [2.24, 2.45) is 0 Å². The lowest BCUT2D eigenvalue weighted by Gasteiger charge is -2.32. The van der Waals surface area contributed by atoms with Gasteiger partial charge in [0.05, 0.1) is 0 Å². The van der Waals surface area contributed by atoms with Gasteiger partial charge in [0.25, 0.3) is 0 Å². The van der Waals surface area contributed by atoms with Crippen LogP contribution in [0.1, 0.15) is 52.9 Å². The fourth-order valence-electron chi connectivity index (χ4n) is 3.93. The first-order valence-corrected chi connectivity index (χ1v) is 14.9. The predicted octanol–water partition coefficient (Wildman–Crippen LogP) is 7.06. The van der Waals surface area contributed by atoms with Crippen molar-refractivity contribution < 1.29 is 9.13 Å². The zero-order valence-corrected chi connectivity index (χ0v) is 21.9. The molecule has 5 heteroatoms. The SMILES string of the molecule is CC(C)(C)[P@@](=O)(Cc1cccc(C[P@@](=O)(c2ccccc2)C(C)(C)C)n1)c1ccccc1. The molecule has 0 N–H and O–H groups in total. The first-order valence-electron chi connectivity index (χ1n) is 11.1. The maximum absolute atomic E-state index is 14.3. The molecule has 0 spiro atoms. The molecule has 170 valence electrons. The molecule has 3 aromatic rings. The molecule has 2 aromatic carbocycles. The molecule has 0 saturated carbocycles. The van der Waals surface area contributed by atoms with Crippen LogP contribution in [0, 0.1) is 0 Å². The molecular formula is C27H35NO2P2. The zero-order valence-electron chi connectivity index (χ0n) is 20.1. The second-order valence-corrected chi connectivity index (χ2v) is 17.7. The minimum absolute atomic E-state index is 0.388. The highest BCUT2D eigenvalue weighted by Gasteiger charge is 2.40. The Balaban J connectivity index is 1.99. The maximum atomic E-state index is 14.3. The Labute approximate surface area is 193 Å². The third-order valence-electron chi connectivity index (χ3n) is 6.15. The number of aromatic nitrogens is 1. The Hall–Kier alpha value is -1.95. The topological polar surface area (TPSA) is 47.0 Å². The van der Waals surface area contributed by atoms with E-state index in [1.165, 1.54) is 0 Å². The average molecular weight is 468 g/mol. The largest absolute Gasteiger partial charge is 0.318 e. The molecule has 0 bridgehead atoms. The minimum Gasteiger partial charge on any atom is -0.318 e. The standard InChI is InChI=1S/C27H35NO2P2/c1-26(2,3)31(29,24-16-9-7-10-17-24)20-22-14-13-15-23(28-22)21-32(30,27(4,5)6)25-18-11-8-12-19-25/h7-19H,20-21H2,1-6H3/t31-,32-/m1/s1. The van der Waals surface area contributed by atoms with E-state index in [4.69, 9.17) is 4.98 Å². The lowest BCUT2D eigenvalue weighted by Crippen LogP contribution is -2.25. The van der Waals surface area contributed by atoms with Crippen LogP contribution in [0.5, 0.6) is 0 Å². The van der Waals surface area contributed by atoms with Crippen LogP contribution < -0.4 is 10.6 Å². The summed E-state index contributed by atoms with van der Waals surface area (Å²) in [5.74, 6) is 0. The van der Waals surface area contributed by atoms with Crippen molar-refractivity contribution in [3.05, 3.63) is 90.3 Å². The smallest absolute Gasteiger partial charge is 0.126 e. The van der Waals surface area contributed by atoms with Gasteiger partial charge in [-0.1, -0.05) is 108 Å². The van der Waals surface area contributed by atoms with E-state index in [0.29, 0.717) is 12.3 Å². The summed E-state index contributed by atoms with van der Waals surface area (Å²) in [6.45, 7) is 12.2. The van der Waals surface area contributed by atoms with E-state index in [1.54, 1.807) is 0 Å². The van der Waals surface area contributed by atoms with Gasteiger partial charge in [0.2, 0.25) is 0 Å². The molecule has 3 rings (SSSR count). The van der Waals surface area contributed by atoms with Crippen LogP contribution >= 0.6 is 14.3 Å². The van der Waals surface area contributed by atoms with Gasteiger partial charge in [-0.05, 0) is 12.1 Å². The Morgan fingerprint density at radius 3 is 1.22 bits per heavy atom. The summed E-state index contributed by atoms with van der Waals surface area (Å²) in [7, 11) is -5.54. The van der Waals surface area contributed by atoms with Crippen molar-refractivity contribution in [2.75, 3.05) is 0 Å². The summed E-state index contributed by atoms with van der Waals surface area (Å²) in [4.78, 5) is 4.88. The molecule has 1 aromatic heterocycles. The number of nitrogens with zero attached hydrogens (tertiary/aromatic N) is 1. The quantitative estimate of drug-likeness (QED) is 0.365. The van der Waals surface area contributed by atoms with Gasteiger partial charge < -0.3 is 9.13 Å². The van der Waals surface area contributed by atoms with E-state index in [0.717, 1.165) is 22.0 Å². The molecule has 0 aliphatic carbocycles. The molecule has 0 fully saturated rings. The molecular weight excluding hydrogens is 432 g/mol. The third-order valence-corrected chi connectivity index (χ3v) is 14.3. The van der Waals surface area contributed by atoms with E-state index in [-0.39, 0.29) is 0 Å². The molecule has 0 aliphatic heterocycles. The summed E-state index contributed by atoms with van der Waals surface area (Å²) < 4.78 is 28.6. The van der Waals surface area contributed by atoms with Crippen LogP contribution in [-0.4, -0.2) is 15.3 Å². The molecule has 0 aliphatic rings. The molecule has 0 amide bonds. The number of pyridine rings is 1. The average Bonchev–Trinajstić information content (AvgIpc) is 2.73. The van der Waals surface area contributed by atoms with Gasteiger partial charge in [0.1, 0.15) is 14.3 Å². The van der Waals surface area contributed by atoms with E-state index >= 15 is 0 Å². The van der Waals surface area contributed by atoms with Gasteiger partial charge in [-0.25, -0.2) is 0 Å². The van der Waals surface area contributed by atoms with Crippen molar-refractivity contribution in [3.8, 4) is 0 Å². The summed E-state index contributed by atoms with van der Waals surface area (Å²) in [6, 6.07) is 25.3. The summed E-state index contributed by atoms with van der Waals surface area (Å²) in [5, 5.41) is 0.974. The summed E-state index contributed by atoms with van der Waals surface area (Å²) >= 11 is 0. The van der Waals surface area contributed by atoms with Crippen molar-refractivity contribution in [1.29, 1.82) is 0 Å². The number of hydrogen-bond acceptors (Lipinski definition) is 3. The van der Waals surface area contributed by atoms with E-state index < -0.39 is 24.6 Å². The predicted molar refractivity (Wildman–Crippen MR) is 139 cm³/mol. The second kappa shape index (κ2) is 9.12. The Morgan fingerprint density at radius 2 is 0.906 bits per heavy atom. The Morgan fingerprint density at radius 1 is 0.562 bits per heavy atom. The third kappa shape index (κ3) is 5.00. The molecule has 0 saturated heterocycles. The van der Waals surface area contributed by atoms with Crippen molar-refractivity contribution in [2.45, 2.75) is 64.2 Å². The van der Waals surface area contributed by atoms with Gasteiger partial charge in [0.15, 0.2) is 0 Å². The summed E-state index contributed by atoms with van der Waals surface area (Å²) in [6.07, 6.45) is 0.777. The van der Waals surface area contributed by atoms with E-state index in [9.17, 15) is 9.13 Å². The monoisotopic (exact) mass is 467 g/mol. The van der Waals surface area contributed by atoms with Crippen LogP contribution in [0.3, 0.4) is 0 Å². The zero-order chi connectivity index (χ0) is 23.6. The first-order chi connectivity index (χ1) is 14.9. The molecule has 0 radical (unpaired) electrons. The highest BCUT2D eigenvalue weighted by atomic mass is 31.2. The molecule has 32 heavy (non-hydrogen) atoms. The van der Waals surface area contributed by atoms with Crippen LogP contribution in [0.15, 0.2) is 78.9 Å². The van der Waals surface area contributed by atoms with Crippen molar-refractivity contribution in [3.63, 3.8) is 0 Å². The van der Waals surface area contributed by atoms with Crippen LogP contribution in [0.25, 0.3) is 0 Å². The number of benzene rings is 2. The lowest BCUT2D eigenvalue weighted by molar-refractivity contribution is 0.554. The molecule has 0 unspecified atom stereocenters. The van der Waals surface area contributed by atoms with Gasteiger partial charge in [-0.15, -0.1) is 0 Å². The molecule has 1 heterocycles. The van der Waals surface area contributed by atoms with Gasteiger partial charge in [-0.2, -0.15) is 0 Å². The molecule has 2 atom stereocenters. The fraction of sp³-hybridized carbons (Fsp3) is 0.370. The Bertz CT molecular complexity index is 1050. The van der Waals surface area contributed by atoms with E-state index in [1.807, 2.05) is 120 Å². The second-order valence-electron chi connectivity index (χ2n) is 10.4. The highest BCUT2D eigenvalue weighted by Crippen LogP contribution is 2.60. The summed E-state index contributed by atoms with van der Waals surface area (Å²) in [5.41, 5.74) is 1.58. The van der Waals surface area contributed by atoms with E-state index in [2.05, 4.69) is 0 Å². The normalized spacial score (nSPS) is 16.2. The van der Waals surface area contributed by atoms with Gasteiger partial charge >= 0.3 is 0 Å². The van der Waals surface area contributed by atoms with Crippen molar-refractivity contribution >= 4 is 24.9 Å². The van der Waals surface area contributed by atoms with Crippen molar-refractivity contribution in [1.82, 2.24) is 4.98 Å². The minimum atomic E-state index is -2.77.